The van der Waals surface area contributed by atoms with Crippen LogP contribution in [0, 0.1) is 6.92 Å². The highest BCUT2D eigenvalue weighted by Crippen LogP contribution is 2.38. The first-order valence-electron chi connectivity index (χ1n) is 10.5. The summed E-state index contributed by atoms with van der Waals surface area (Å²) in [6, 6.07) is 5.35. The van der Waals surface area contributed by atoms with Gasteiger partial charge in [-0.2, -0.15) is 0 Å². The maximum atomic E-state index is 13.0. The quantitative estimate of drug-likeness (QED) is 0.780. The second-order valence-electron chi connectivity index (χ2n) is 8.19. The minimum absolute atomic E-state index is 0.0435. The minimum Gasteiger partial charge on any atom is -0.357 e. The molecule has 2 aromatic rings. The van der Waals surface area contributed by atoms with Crippen molar-refractivity contribution in [3.63, 3.8) is 0 Å². The van der Waals surface area contributed by atoms with E-state index in [4.69, 9.17) is 0 Å². The minimum atomic E-state index is -3.71. The predicted octanol–water partition coefficient (Wildman–Crippen LogP) is 1.70. The van der Waals surface area contributed by atoms with Crippen molar-refractivity contribution in [1.29, 1.82) is 0 Å². The fraction of sp³-hybridized carbons (Fsp3) is 0.476. The van der Waals surface area contributed by atoms with Crippen LogP contribution in [-0.4, -0.2) is 43.9 Å². The van der Waals surface area contributed by atoms with Crippen LogP contribution in [0.25, 0.3) is 0 Å². The van der Waals surface area contributed by atoms with Gasteiger partial charge in [0.05, 0.1) is 17.1 Å². The van der Waals surface area contributed by atoms with Crippen molar-refractivity contribution >= 4 is 27.4 Å². The summed E-state index contributed by atoms with van der Waals surface area (Å²) < 4.78 is 28.7. The van der Waals surface area contributed by atoms with Crippen molar-refractivity contribution < 1.29 is 13.2 Å². The Kier molecular flexibility index (Phi) is 4.74. The highest BCUT2D eigenvalue weighted by Gasteiger charge is 2.33. The summed E-state index contributed by atoms with van der Waals surface area (Å²) in [5.74, 6) is 1.46. The Bertz CT molecular complexity index is 1130. The maximum absolute atomic E-state index is 13.0. The molecule has 0 unspecified atom stereocenters. The van der Waals surface area contributed by atoms with Gasteiger partial charge in [0.1, 0.15) is 11.6 Å². The van der Waals surface area contributed by atoms with E-state index in [0.717, 1.165) is 54.3 Å². The third-order valence-corrected chi connectivity index (χ3v) is 7.45. The van der Waals surface area contributed by atoms with Gasteiger partial charge >= 0.3 is 0 Å². The van der Waals surface area contributed by atoms with E-state index in [1.807, 2.05) is 13.0 Å². The lowest BCUT2D eigenvalue weighted by Gasteiger charge is -2.25. The Hall–Kier alpha value is -2.52. The molecule has 1 aromatic carbocycles. The summed E-state index contributed by atoms with van der Waals surface area (Å²) >= 11 is 0. The van der Waals surface area contributed by atoms with E-state index in [-0.39, 0.29) is 17.3 Å². The van der Waals surface area contributed by atoms with Gasteiger partial charge in [0.15, 0.2) is 0 Å². The van der Waals surface area contributed by atoms with Gasteiger partial charge in [-0.3, -0.25) is 4.79 Å². The lowest BCUT2D eigenvalue weighted by molar-refractivity contribution is -0.118. The summed E-state index contributed by atoms with van der Waals surface area (Å²) in [4.78, 5) is 25.3. The maximum Gasteiger partial charge on any atom is 0.240 e. The van der Waals surface area contributed by atoms with Crippen LogP contribution in [0.5, 0.6) is 0 Å². The van der Waals surface area contributed by atoms with E-state index in [2.05, 4.69) is 19.6 Å². The molecule has 0 radical (unpaired) electrons. The summed E-state index contributed by atoms with van der Waals surface area (Å²) in [6.45, 7) is 4.52. The van der Waals surface area contributed by atoms with E-state index >= 15 is 0 Å². The van der Waals surface area contributed by atoms with E-state index in [0.29, 0.717) is 31.6 Å². The molecule has 158 valence electrons. The molecule has 0 aliphatic carbocycles. The molecular formula is C21H25N5O3S. The van der Waals surface area contributed by atoms with Crippen LogP contribution in [0.3, 0.4) is 0 Å². The molecule has 8 nitrogen and oxygen atoms in total. The normalized spacial score (nSPS) is 18.2. The second-order valence-corrected chi connectivity index (χ2v) is 9.95. The average Bonchev–Trinajstić information content (AvgIpc) is 3.40. The first-order chi connectivity index (χ1) is 14.4. The molecule has 1 amide bonds. The number of aryl methyl sites for hydroxylation is 2. The Labute approximate surface area is 176 Å². The predicted molar refractivity (Wildman–Crippen MR) is 113 cm³/mol. The number of rotatable bonds is 5. The zero-order valence-electron chi connectivity index (χ0n) is 17.0. The first kappa shape index (κ1) is 19.4. The Morgan fingerprint density at radius 1 is 1.00 bits per heavy atom. The standard InChI is InChI=1S/C21H25N5O3S/c1-14-10-19(25-7-2-3-8-25)24-18(23-14)13-22-30(28,29)17-11-15-4-5-20(27)26-9-6-16(12-17)21(15)26/h10-12,22H,2-9,13H2,1H3. The van der Waals surface area contributed by atoms with Crippen LogP contribution in [0.4, 0.5) is 11.5 Å². The molecule has 1 N–H and O–H groups in total. The summed E-state index contributed by atoms with van der Waals surface area (Å²) in [6.07, 6.45) is 4.00. The van der Waals surface area contributed by atoms with Crippen LogP contribution < -0.4 is 14.5 Å². The molecule has 30 heavy (non-hydrogen) atoms. The zero-order valence-corrected chi connectivity index (χ0v) is 17.8. The highest BCUT2D eigenvalue weighted by atomic mass is 32.2. The van der Waals surface area contributed by atoms with E-state index in [1.54, 1.807) is 17.0 Å². The lowest BCUT2D eigenvalue weighted by atomic mass is 10.00. The van der Waals surface area contributed by atoms with Crippen molar-refractivity contribution in [2.75, 3.05) is 29.4 Å². The number of hydrogen-bond donors (Lipinski definition) is 1. The molecule has 3 aliphatic heterocycles. The summed E-state index contributed by atoms with van der Waals surface area (Å²) in [5.41, 5.74) is 3.62. The topological polar surface area (TPSA) is 95.5 Å². The molecule has 5 rings (SSSR count). The molecule has 1 saturated heterocycles. The van der Waals surface area contributed by atoms with Crippen molar-refractivity contribution in [2.45, 2.75) is 50.5 Å². The van der Waals surface area contributed by atoms with Crippen LogP contribution in [0.2, 0.25) is 0 Å². The zero-order chi connectivity index (χ0) is 20.9. The molecule has 0 saturated carbocycles. The third kappa shape index (κ3) is 3.45. The number of sulfonamides is 1. The first-order valence-corrected chi connectivity index (χ1v) is 11.9. The monoisotopic (exact) mass is 427 g/mol. The van der Waals surface area contributed by atoms with Crippen LogP contribution in [0.1, 0.15) is 41.9 Å². The van der Waals surface area contributed by atoms with Gasteiger partial charge in [0, 0.05) is 37.8 Å². The van der Waals surface area contributed by atoms with Gasteiger partial charge in [-0.05, 0) is 55.9 Å². The number of nitrogens with zero attached hydrogens (tertiary/aromatic N) is 4. The van der Waals surface area contributed by atoms with E-state index < -0.39 is 10.0 Å². The van der Waals surface area contributed by atoms with Crippen LogP contribution >= 0.6 is 0 Å². The fourth-order valence-electron chi connectivity index (χ4n) is 4.62. The molecule has 0 spiro atoms. The second kappa shape index (κ2) is 7.31. The Morgan fingerprint density at radius 2 is 1.73 bits per heavy atom. The third-order valence-electron chi connectivity index (χ3n) is 6.07. The summed E-state index contributed by atoms with van der Waals surface area (Å²) in [5, 5.41) is 0. The number of anilines is 2. The number of carbonyl (C=O) groups excluding carboxylic acids is 1. The molecule has 0 atom stereocenters. The molecule has 0 bridgehead atoms. The van der Waals surface area contributed by atoms with Crippen molar-refractivity contribution in [2.24, 2.45) is 0 Å². The largest absolute Gasteiger partial charge is 0.357 e. The van der Waals surface area contributed by atoms with Crippen molar-refractivity contribution in [3.05, 3.63) is 40.8 Å². The molecule has 1 fully saturated rings. The number of amides is 1. The SMILES string of the molecule is Cc1cc(N2CCCC2)nc(CNS(=O)(=O)c2cc3c4c(c2)CCN4C(=O)CC3)n1. The van der Waals surface area contributed by atoms with Crippen LogP contribution in [0.15, 0.2) is 23.1 Å². The van der Waals surface area contributed by atoms with Gasteiger partial charge < -0.3 is 9.80 Å². The van der Waals surface area contributed by atoms with E-state index in [1.165, 1.54) is 0 Å². The molecule has 4 heterocycles. The highest BCUT2D eigenvalue weighted by molar-refractivity contribution is 7.89. The molecule has 9 heteroatoms. The van der Waals surface area contributed by atoms with E-state index in [9.17, 15) is 13.2 Å². The Balaban J connectivity index is 1.38. The number of carbonyl (C=O) groups is 1. The van der Waals surface area contributed by atoms with Crippen molar-refractivity contribution in [3.8, 4) is 0 Å². The number of nitrogens with one attached hydrogen (secondary N) is 1. The average molecular weight is 428 g/mol. The van der Waals surface area contributed by atoms with Gasteiger partial charge in [0.25, 0.3) is 0 Å². The van der Waals surface area contributed by atoms with Gasteiger partial charge in [-0.15, -0.1) is 0 Å². The van der Waals surface area contributed by atoms with Gasteiger partial charge in [-0.1, -0.05) is 0 Å². The summed E-state index contributed by atoms with van der Waals surface area (Å²) in [7, 11) is -3.71. The fourth-order valence-corrected chi connectivity index (χ4v) is 5.70. The lowest BCUT2D eigenvalue weighted by Crippen LogP contribution is -2.33. The molecule has 1 aromatic heterocycles. The van der Waals surface area contributed by atoms with Crippen molar-refractivity contribution in [1.82, 2.24) is 14.7 Å². The smallest absolute Gasteiger partial charge is 0.240 e. The number of aromatic nitrogens is 2. The Morgan fingerprint density at radius 3 is 2.50 bits per heavy atom. The van der Waals surface area contributed by atoms with Gasteiger partial charge in [-0.25, -0.2) is 23.1 Å². The molecule has 3 aliphatic rings. The molecular weight excluding hydrogens is 402 g/mol. The number of benzene rings is 1. The van der Waals surface area contributed by atoms with Gasteiger partial charge in [0.2, 0.25) is 15.9 Å². The number of hydrogen-bond acceptors (Lipinski definition) is 6. The van der Waals surface area contributed by atoms with Crippen LogP contribution in [-0.2, 0) is 34.2 Å².